The van der Waals surface area contributed by atoms with Crippen molar-refractivity contribution in [3.05, 3.63) is 59.7 Å². The Morgan fingerprint density at radius 2 is 1.56 bits per heavy atom. The maximum absolute atomic E-state index is 12.3. The highest BCUT2D eigenvalue weighted by molar-refractivity contribution is 5.98. The normalized spacial score (nSPS) is 11.3. The number of hydrogen-bond acceptors (Lipinski definition) is 4. The minimum absolute atomic E-state index is 0.255. The zero-order chi connectivity index (χ0) is 19.8. The molecule has 0 aliphatic heterocycles. The fraction of sp³-hybridized carbons (Fsp3) is 0.211. The first-order valence-electron chi connectivity index (χ1n) is 8.42. The number of rotatable bonds is 7. The minimum atomic E-state index is -1.17. The van der Waals surface area contributed by atoms with Gasteiger partial charge in [-0.15, -0.1) is 0 Å². The van der Waals surface area contributed by atoms with E-state index in [0.717, 1.165) is 17.5 Å². The van der Waals surface area contributed by atoms with Crippen molar-refractivity contribution in [2.75, 3.05) is 6.54 Å². The molecule has 8 heteroatoms. The molecule has 0 bridgehead atoms. The Hall–Kier alpha value is -3.39. The lowest BCUT2D eigenvalue weighted by Crippen LogP contribution is -2.52. The highest BCUT2D eigenvalue weighted by atomic mass is 16.5. The zero-order valence-electron chi connectivity index (χ0n) is 14.9. The summed E-state index contributed by atoms with van der Waals surface area (Å²) < 4.78 is 0. The lowest BCUT2D eigenvalue weighted by molar-refractivity contribution is -0.131. The number of carbonyl (C=O) groups is 3. The Kier molecular flexibility index (Phi) is 6.90. The molecule has 0 aliphatic carbocycles. The predicted octanol–water partition coefficient (Wildman–Crippen LogP) is 1.19. The predicted molar refractivity (Wildman–Crippen MR) is 100 cm³/mol. The van der Waals surface area contributed by atoms with Crippen LogP contribution in [0.15, 0.2) is 48.5 Å². The summed E-state index contributed by atoms with van der Waals surface area (Å²) in [5, 5.41) is 13.4. The molecule has 0 unspecified atom stereocenters. The van der Waals surface area contributed by atoms with E-state index in [1.54, 1.807) is 24.3 Å². The van der Waals surface area contributed by atoms with Gasteiger partial charge in [0, 0.05) is 12.1 Å². The first kappa shape index (κ1) is 19.9. The standard InChI is InChI=1S/C19H22N4O4/c1-2-12-3-5-13(6-4-12)14-7-9-15(10-8-14)17(24)22-16(18(25)23-27)11-21-19(20)26/h3-10,16,27H,2,11H2,1H3,(H,22,24)(H,23,25)(H3,20,21,26)/t16-/m0/s1. The highest BCUT2D eigenvalue weighted by Crippen LogP contribution is 2.20. The molecule has 0 aromatic heterocycles. The van der Waals surface area contributed by atoms with Crippen molar-refractivity contribution in [1.82, 2.24) is 16.1 Å². The van der Waals surface area contributed by atoms with Crippen molar-refractivity contribution in [3.8, 4) is 11.1 Å². The maximum atomic E-state index is 12.3. The Balaban J connectivity index is 2.08. The first-order chi connectivity index (χ1) is 12.9. The maximum Gasteiger partial charge on any atom is 0.312 e. The van der Waals surface area contributed by atoms with Gasteiger partial charge in [0.2, 0.25) is 0 Å². The molecule has 8 nitrogen and oxygen atoms in total. The number of benzene rings is 2. The molecule has 6 N–H and O–H groups in total. The summed E-state index contributed by atoms with van der Waals surface area (Å²) in [4.78, 5) is 34.7. The summed E-state index contributed by atoms with van der Waals surface area (Å²) in [7, 11) is 0. The van der Waals surface area contributed by atoms with E-state index in [1.807, 2.05) is 12.1 Å². The van der Waals surface area contributed by atoms with Gasteiger partial charge in [0.1, 0.15) is 6.04 Å². The van der Waals surface area contributed by atoms with Crippen LogP contribution in [0.25, 0.3) is 11.1 Å². The molecular weight excluding hydrogens is 348 g/mol. The van der Waals surface area contributed by atoms with E-state index in [1.165, 1.54) is 11.0 Å². The lowest BCUT2D eigenvalue weighted by Gasteiger charge is -2.17. The SMILES string of the molecule is CCc1ccc(-c2ccc(C(=O)N[C@@H](CNC(N)=O)C(=O)NO)cc2)cc1. The second-order valence-corrected chi connectivity index (χ2v) is 5.88. The van der Waals surface area contributed by atoms with Gasteiger partial charge < -0.3 is 16.4 Å². The number of carbonyl (C=O) groups excluding carboxylic acids is 3. The molecule has 0 aliphatic rings. The van der Waals surface area contributed by atoms with Crippen LogP contribution in [0.5, 0.6) is 0 Å². The van der Waals surface area contributed by atoms with Crippen LogP contribution in [0.4, 0.5) is 4.79 Å². The molecule has 0 heterocycles. The van der Waals surface area contributed by atoms with Gasteiger partial charge >= 0.3 is 6.03 Å². The van der Waals surface area contributed by atoms with Gasteiger partial charge in [-0.05, 0) is 35.2 Å². The third kappa shape index (κ3) is 5.55. The Morgan fingerprint density at radius 3 is 2.04 bits per heavy atom. The summed E-state index contributed by atoms with van der Waals surface area (Å²) in [6, 6.07) is 13.0. The summed E-state index contributed by atoms with van der Waals surface area (Å²) >= 11 is 0. The molecule has 0 radical (unpaired) electrons. The van der Waals surface area contributed by atoms with E-state index in [2.05, 4.69) is 29.7 Å². The van der Waals surface area contributed by atoms with Crippen molar-refractivity contribution in [3.63, 3.8) is 0 Å². The van der Waals surface area contributed by atoms with E-state index in [-0.39, 0.29) is 6.54 Å². The Morgan fingerprint density at radius 1 is 1.00 bits per heavy atom. The second kappa shape index (κ2) is 9.35. The lowest BCUT2D eigenvalue weighted by atomic mass is 10.0. The van der Waals surface area contributed by atoms with Gasteiger partial charge in [-0.2, -0.15) is 0 Å². The number of hydroxylamine groups is 1. The van der Waals surface area contributed by atoms with Gasteiger partial charge in [-0.25, -0.2) is 10.3 Å². The molecule has 27 heavy (non-hydrogen) atoms. The molecule has 4 amide bonds. The summed E-state index contributed by atoms with van der Waals surface area (Å²) in [5.41, 5.74) is 9.96. The molecule has 0 fully saturated rings. The Labute approximate surface area is 156 Å². The number of hydrogen-bond donors (Lipinski definition) is 5. The zero-order valence-corrected chi connectivity index (χ0v) is 14.9. The van der Waals surface area contributed by atoms with Crippen LogP contribution < -0.4 is 21.8 Å². The van der Waals surface area contributed by atoms with Crippen molar-refractivity contribution in [1.29, 1.82) is 0 Å². The number of aryl methyl sites for hydroxylation is 1. The van der Waals surface area contributed by atoms with Crippen LogP contribution in [-0.4, -0.2) is 35.6 Å². The van der Waals surface area contributed by atoms with Crippen LogP contribution in [-0.2, 0) is 11.2 Å². The van der Waals surface area contributed by atoms with E-state index in [4.69, 9.17) is 10.9 Å². The van der Waals surface area contributed by atoms with Gasteiger partial charge in [0.15, 0.2) is 0 Å². The first-order valence-corrected chi connectivity index (χ1v) is 8.42. The van der Waals surface area contributed by atoms with Gasteiger partial charge in [-0.1, -0.05) is 43.3 Å². The molecule has 2 rings (SSSR count). The van der Waals surface area contributed by atoms with Crippen molar-refractivity contribution >= 4 is 17.8 Å². The van der Waals surface area contributed by atoms with E-state index >= 15 is 0 Å². The van der Waals surface area contributed by atoms with Crippen LogP contribution in [0.3, 0.4) is 0 Å². The fourth-order valence-corrected chi connectivity index (χ4v) is 2.48. The van der Waals surface area contributed by atoms with E-state index in [0.29, 0.717) is 5.56 Å². The van der Waals surface area contributed by atoms with Crippen molar-refractivity contribution in [2.45, 2.75) is 19.4 Å². The highest BCUT2D eigenvalue weighted by Gasteiger charge is 2.21. The quantitative estimate of drug-likeness (QED) is 0.370. The Bertz CT molecular complexity index is 803. The third-order valence-corrected chi connectivity index (χ3v) is 4.06. The number of nitrogens with two attached hydrogens (primary N) is 1. The van der Waals surface area contributed by atoms with Crippen LogP contribution in [0, 0.1) is 0 Å². The second-order valence-electron chi connectivity index (χ2n) is 5.88. The molecule has 2 aromatic rings. The number of nitrogens with one attached hydrogen (secondary N) is 3. The smallest absolute Gasteiger partial charge is 0.312 e. The number of amides is 4. The average Bonchev–Trinajstić information content (AvgIpc) is 2.70. The van der Waals surface area contributed by atoms with Crippen molar-refractivity contribution < 1.29 is 19.6 Å². The van der Waals surface area contributed by atoms with E-state index < -0.39 is 23.9 Å². The number of urea groups is 1. The van der Waals surface area contributed by atoms with Crippen LogP contribution in [0.2, 0.25) is 0 Å². The molecule has 0 saturated heterocycles. The fourth-order valence-electron chi connectivity index (χ4n) is 2.48. The van der Waals surface area contributed by atoms with Gasteiger partial charge in [0.25, 0.3) is 11.8 Å². The van der Waals surface area contributed by atoms with Crippen LogP contribution in [0.1, 0.15) is 22.8 Å². The minimum Gasteiger partial charge on any atom is -0.352 e. The molecule has 2 aromatic carbocycles. The van der Waals surface area contributed by atoms with Crippen molar-refractivity contribution in [2.24, 2.45) is 5.73 Å². The third-order valence-electron chi connectivity index (χ3n) is 4.06. The molecular formula is C19H22N4O4. The number of primary amides is 1. The van der Waals surface area contributed by atoms with E-state index in [9.17, 15) is 14.4 Å². The van der Waals surface area contributed by atoms with Crippen LogP contribution >= 0.6 is 0 Å². The van der Waals surface area contributed by atoms with Gasteiger partial charge in [0.05, 0.1) is 0 Å². The summed E-state index contributed by atoms with van der Waals surface area (Å²) in [5.74, 6) is -1.40. The largest absolute Gasteiger partial charge is 0.352 e. The topological polar surface area (TPSA) is 134 Å². The monoisotopic (exact) mass is 370 g/mol. The average molecular weight is 370 g/mol. The molecule has 142 valence electrons. The molecule has 0 spiro atoms. The summed E-state index contributed by atoms with van der Waals surface area (Å²) in [6.45, 7) is 1.83. The molecule has 0 saturated carbocycles. The molecule has 1 atom stereocenters. The summed E-state index contributed by atoms with van der Waals surface area (Å²) in [6.07, 6.45) is 0.965. The van der Waals surface area contributed by atoms with Gasteiger partial charge in [-0.3, -0.25) is 14.8 Å².